The normalized spacial score (nSPS) is 16.0. The standard InChI is InChI=1S/C32H33F3N2O9S/c1-20(2)29(40)44-21(3)45-30(41)36-26(28(38)39)17-22-10-9-13-24(16-22)47(42,43)37-18-31(19-37,23-11-5-4-6-12-23)46-27-15-8-7-14-25(27)32(33,34)35/h4-16,20-21,26H,17-19H2,1-3H3,(H,36,41)(H,38,39). The molecule has 0 bridgehead atoms. The molecule has 1 aliphatic heterocycles. The average molecular weight is 679 g/mol. The van der Waals surface area contributed by atoms with Crippen molar-refractivity contribution in [2.24, 2.45) is 5.92 Å². The number of halogens is 3. The van der Waals surface area contributed by atoms with Gasteiger partial charge < -0.3 is 24.6 Å². The van der Waals surface area contributed by atoms with Gasteiger partial charge in [0.05, 0.1) is 29.5 Å². The predicted octanol–water partition coefficient (Wildman–Crippen LogP) is 4.95. The second-order valence-corrected chi connectivity index (χ2v) is 13.1. The third kappa shape index (κ3) is 8.40. The fraction of sp³-hybridized carbons (Fsp3) is 0.344. The molecule has 11 nitrogen and oxygen atoms in total. The van der Waals surface area contributed by atoms with Gasteiger partial charge in [0.2, 0.25) is 16.3 Å². The van der Waals surface area contributed by atoms with E-state index < -0.39 is 69.4 Å². The molecule has 15 heteroatoms. The first-order valence-electron chi connectivity index (χ1n) is 14.4. The van der Waals surface area contributed by atoms with Crippen LogP contribution < -0.4 is 10.1 Å². The van der Waals surface area contributed by atoms with Crippen molar-refractivity contribution in [2.75, 3.05) is 13.1 Å². The Labute approximate surface area is 269 Å². The molecule has 3 aromatic rings. The van der Waals surface area contributed by atoms with Crippen molar-refractivity contribution in [1.29, 1.82) is 0 Å². The van der Waals surface area contributed by atoms with Crippen LogP contribution in [0.4, 0.5) is 18.0 Å². The van der Waals surface area contributed by atoms with Crippen LogP contribution >= 0.6 is 0 Å². The number of ether oxygens (including phenoxy) is 3. The summed E-state index contributed by atoms with van der Waals surface area (Å²) in [5.41, 5.74) is -1.70. The zero-order valence-corrected chi connectivity index (χ0v) is 26.4. The van der Waals surface area contributed by atoms with Gasteiger partial charge in [-0.1, -0.05) is 68.4 Å². The van der Waals surface area contributed by atoms with E-state index in [0.29, 0.717) is 5.56 Å². The largest absolute Gasteiger partial charge is 0.480 e. The van der Waals surface area contributed by atoms with E-state index in [9.17, 15) is 41.1 Å². The van der Waals surface area contributed by atoms with Crippen molar-refractivity contribution in [3.8, 4) is 5.75 Å². The number of nitrogens with one attached hydrogen (secondary N) is 1. The Balaban J connectivity index is 1.50. The number of alkyl halides is 3. The Morgan fingerprint density at radius 1 is 0.936 bits per heavy atom. The van der Waals surface area contributed by atoms with Crippen LogP contribution in [0.25, 0.3) is 0 Å². The molecule has 252 valence electrons. The number of esters is 1. The molecule has 2 N–H and O–H groups in total. The minimum Gasteiger partial charge on any atom is -0.480 e. The monoisotopic (exact) mass is 678 g/mol. The quantitative estimate of drug-likeness (QED) is 0.201. The Bertz CT molecular complexity index is 1710. The lowest BCUT2D eigenvalue weighted by Gasteiger charge is -2.49. The maximum Gasteiger partial charge on any atom is 0.419 e. The van der Waals surface area contributed by atoms with Crippen molar-refractivity contribution in [2.45, 2.75) is 56.2 Å². The summed E-state index contributed by atoms with van der Waals surface area (Å²) in [5.74, 6) is -2.99. The van der Waals surface area contributed by atoms with Crippen LogP contribution in [0.5, 0.6) is 5.75 Å². The number of hydrogen-bond donors (Lipinski definition) is 2. The molecular formula is C32H33F3N2O9S. The first kappa shape index (κ1) is 35.2. The number of hydrogen-bond acceptors (Lipinski definition) is 8. The van der Waals surface area contributed by atoms with Crippen molar-refractivity contribution in [3.05, 3.63) is 95.6 Å². The summed E-state index contributed by atoms with van der Waals surface area (Å²) >= 11 is 0. The Morgan fingerprint density at radius 3 is 2.19 bits per heavy atom. The summed E-state index contributed by atoms with van der Waals surface area (Å²) in [7, 11) is -4.23. The van der Waals surface area contributed by atoms with Gasteiger partial charge in [0.15, 0.2) is 5.60 Å². The smallest absolute Gasteiger partial charge is 0.419 e. The molecule has 1 aliphatic rings. The fourth-order valence-corrected chi connectivity index (χ4v) is 6.42. The van der Waals surface area contributed by atoms with E-state index in [4.69, 9.17) is 14.2 Å². The van der Waals surface area contributed by atoms with Gasteiger partial charge in [-0.3, -0.25) is 4.79 Å². The highest BCUT2D eigenvalue weighted by molar-refractivity contribution is 7.89. The Morgan fingerprint density at radius 2 is 1.57 bits per heavy atom. The van der Waals surface area contributed by atoms with E-state index in [1.807, 2.05) is 0 Å². The number of amides is 1. The van der Waals surface area contributed by atoms with Gasteiger partial charge in [-0.05, 0) is 35.4 Å². The van der Waals surface area contributed by atoms with E-state index in [0.717, 1.165) is 10.4 Å². The summed E-state index contributed by atoms with van der Waals surface area (Å²) in [6, 6.07) is 16.9. The zero-order chi connectivity index (χ0) is 34.6. The maximum atomic E-state index is 13.7. The van der Waals surface area contributed by atoms with Gasteiger partial charge in [-0.2, -0.15) is 17.5 Å². The minimum atomic E-state index is -4.71. The molecule has 1 heterocycles. The zero-order valence-electron chi connectivity index (χ0n) is 25.6. The van der Waals surface area contributed by atoms with Crippen LogP contribution in [0.15, 0.2) is 83.8 Å². The van der Waals surface area contributed by atoms with Crippen LogP contribution in [0, 0.1) is 5.92 Å². The third-order valence-corrected chi connectivity index (χ3v) is 9.04. The number of alkyl carbamates (subject to hydrolysis) is 1. The highest BCUT2D eigenvalue weighted by Gasteiger charge is 2.53. The van der Waals surface area contributed by atoms with Crippen molar-refractivity contribution >= 4 is 28.1 Å². The molecular weight excluding hydrogens is 645 g/mol. The van der Waals surface area contributed by atoms with Crippen LogP contribution in [0.3, 0.4) is 0 Å². The van der Waals surface area contributed by atoms with Gasteiger partial charge in [-0.15, -0.1) is 0 Å². The van der Waals surface area contributed by atoms with Gasteiger partial charge in [0.25, 0.3) is 0 Å². The Kier molecular flexibility index (Phi) is 10.5. The lowest BCUT2D eigenvalue weighted by molar-refractivity contribution is -0.169. The lowest BCUT2D eigenvalue weighted by Crippen LogP contribution is -2.64. The van der Waals surface area contributed by atoms with Crippen molar-refractivity contribution in [1.82, 2.24) is 9.62 Å². The molecule has 2 unspecified atom stereocenters. The lowest BCUT2D eigenvalue weighted by atomic mass is 9.87. The number of aliphatic carboxylic acids is 1. The molecule has 47 heavy (non-hydrogen) atoms. The molecule has 0 radical (unpaired) electrons. The molecule has 1 saturated heterocycles. The number of sulfonamides is 1. The molecule has 0 saturated carbocycles. The van der Waals surface area contributed by atoms with Crippen LogP contribution in [-0.2, 0) is 47.3 Å². The number of carbonyl (C=O) groups is 3. The molecule has 4 rings (SSSR count). The molecule has 0 aromatic heterocycles. The molecule has 2 atom stereocenters. The molecule has 1 fully saturated rings. The van der Waals surface area contributed by atoms with Gasteiger partial charge in [-0.25, -0.2) is 18.0 Å². The number of rotatable bonds is 12. The third-order valence-electron chi connectivity index (χ3n) is 7.25. The van der Waals surface area contributed by atoms with Crippen molar-refractivity contribution in [3.63, 3.8) is 0 Å². The topological polar surface area (TPSA) is 149 Å². The number of benzene rings is 3. The molecule has 3 aromatic carbocycles. The second-order valence-electron chi connectivity index (χ2n) is 11.2. The number of para-hydroxylation sites is 1. The SMILES string of the molecule is CC(OC(=O)NC(Cc1cccc(S(=O)(=O)N2CC(Oc3ccccc3C(F)(F)F)(c3ccccc3)C2)c1)C(=O)O)OC(=O)C(C)C. The van der Waals surface area contributed by atoms with E-state index in [-0.39, 0.29) is 30.0 Å². The summed E-state index contributed by atoms with van der Waals surface area (Å²) in [6.07, 6.45) is -7.50. The van der Waals surface area contributed by atoms with Crippen molar-refractivity contribution < 1.29 is 55.3 Å². The number of carboxylic acids is 1. The average Bonchev–Trinajstić information content (AvgIpc) is 2.98. The minimum absolute atomic E-state index is 0.201. The fourth-order valence-electron chi connectivity index (χ4n) is 4.81. The summed E-state index contributed by atoms with van der Waals surface area (Å²) in [5, 5.41) is 11.9. The van der Waals surface area contributed by atoms with E-state index >= 15 is 0 Å². The van der Waals surface area contributed by atoms with Crippen LogP contribution in [0.1, 0.15) is 37.5 Å². The summed E-state index contributed by atoms with van der Waals surface area (Å²) in [4.78, 5) is 35.7. The number of carbonyl (C=O) groups excluding carboxylic acids is 2. The Hall–Kier alpha value is -4.63. The van der Waals surface area contributed by atoms with Gasteiger partial charge in [0, 0.05) is 13.3 Å². The number of nitrogens with zero attached hydrogens (tertiary/aromatic N) is 1. The van der Waals surface area contributed by atoms with Gasteiger partial charge in [0.1, 0.15) is 11.8 Å². The van der Waals surface area contributed by atoms with Crippen LogP contribution in [0.2, 0.25) is 0 Å². The molecule has 1 amide bonds. The maximum absolute atomic E-state index is 13.7. The van der Waals surface area contributed by atoms with E-state index in [1.54, 1.807) is 44.2 Å². The van der Waals surface area contributed by atoms with E-state index in [1.165, 1.54) is 49.4 Å². The second kappa shape index (κ2) is 14.0. The van der Waals surface area contributed by atoms with Gasteiger partial charge >= 0.3 is 24.2 Å². The number of carboxylic acid groups (broad SMARTS) is 1. The molecule has 0 aliphatic carbocycles. The van der Waals surface area contributed by atoms with E-state index in [2.05, 4.69) is 5.32 Å². The summed E-state index contributed by atoms with van der Waals surface area (Å²) in [6.45, 7) is 3.83. The first-order valence-corrected chi connectivity index (χ1v) is 15.9. The van der Waals surface area contributed by atoms with Crippen LogP contribution in [-0.4, -0.2) is 61.3 Å². The predicted molar refractivity (Wildman–Crippen MR) is 161 cm³/mol. The summed E-state index contributed by atoms with van der Waals surface area (Å²) < 4.78 is 85.4. The first-order chi connectivity index (χ1) is 22.0. The molecule has 0 spiro atoms. The highest BCUT2D eigenvalue weighted by atomic mass is 32.2. The highest BCUT2D eigenvalue weighted by Crippen LogP contribution is 2.44.